The van der Waals surface area contributed by atoms with Crippen LogP contribution in [0.2, 0.25) is 5.02 Å². The fourth-order valence-electron chi connectivity index (χ4n) is 2.62. The summed E-state index contributed by atoms with van der Waals surface area (Å²) in [5, 5.41) is 7.72. The predicted octanol–water partition coefficient (Wildman–Crippen LogP) is 5.21. The van der Waals surface area contributed by atoms with Crippen molar-refractivity contribution < 1.29 is 4.79 Å². The van der Waals surface area contributed by atoms with Crippen LogP contribution < -0.4 is 10.6 Å². The number of benzene rings is 2. The van der Waals surface area contributed by atoms with Crippen LogP contribution in [0.15, 0.2) is 42.6 Å². The summed E-state index contributed by atoms with van der Waals surface area (Å²) < 4.78 is 0. The highest BCUT2D eigenvalue weighted by Gasteiger charge is 2.09. The lowest BCUT2D eigenvalue weighted by Crippen LogP contribution is -2.06. The lowest BCUT2D eigenvalue weighted by atomic mass is 10.0. The lowest BCUT2D eigenvalue weighted by Gasteiger charge is -2.14. The van der Waals surface area contributed by atoms with Crippen molar-refractivity contribution in [1.82, 2.24) is 4.98 Å². The number of amides is 1. The van der Waals surface area contributed by atoms with Crippen molar-refractivity contribution in [2.45, 2.75) is 20.8 Å². The number of nitrogens with one attached hydrogen (secondary N) is 2. The van der Waals surface area contributed by atoms with Crippen molar-refractivity contribution in [1.29, 1.82) is 0 Å². The van der Waals surface area contributed by atoms with Gasteiger partial charge in [0, 0.05) is 29.9 Å². The molecule has 5 heteroatoms. The van der Waals surface area contributed by atoms with E-state index in [-0.39, 0.29) is 5.91 Å². The molecule has 0 aliphatic heterocycles. The number of carbonyl (C=O) groups excluding carboxylic acids is 1. The summed E-state index contributed by atoms with van der Waals surface area (Å²) in [5.41, 5.74) is 5.68. The molecule has 3 rings (SSSR count). The van der Waals surface area contributed by atoms with Gasteiger partial charge in [-0.1, -0.05) is 23.7 Å². The molecule has 0 fully saturated rings. The van der Waals surface area contributed by atoms with Crippen molar-refractivity contribution in [3.63, 3.8) is 0 Å². The van der Waals surface area contributed by atoms with Gasteiger partial charge >= 0.3 is 0 Å². The number of rotatable bonds is 3. The van der Waals surface area contributed by atoms with E-state index in [0.29, 0.717) is 10.7 Å². The zero-order valence-electron chi connectivity index (χ0n) is 13.8. The smallest absolute Gasteiger partial charge is 0.221 e. The largest absolute Gasteiger partial charge is 0.354 e. The van der Waals surface area contributed by atoms with Gasteiger partial charge in [0.05, 0.1) is 16.2 Å². The van der Waals surface area contributed by atoms with Crippen LogP contribution in [0.25, 0.3) is 10.9 Å². The number of aromatic nitrogens is 1. The fourth-order valence-corrected chi connectivity index (χ4v) is 2.78. The Hall–Kier alpha value is -2.59. The molecular formula is C19H18ClN3O. The van der Waals surface area contributed by atoms with Crippen LogP contribution in [0.1, 0.15) is 18.1 Å². The van der Waals surface area contributed by atoms with Gasteiger partial charge in [-0.05, 0) is 49.2 Å². The molecule has 1 heterocycles. The molecule has 0 atom stereocenters. The van der Waals surface area contributed by atoms with Crippen LogP contribution in [-0.4, -0.2) is 10.9 Å². The van der Waals surface area contributed by atoms with Gasteiger partial charge in [0.1, 0.15) is 0 Å². The van der Waals surface area contributed by atoms with E-state index in [1.54, 1.807) is 18.3 Å². The Bertz CT molecular complexity index is 937. The highest BCUT2D eigenvalue weighted by atomic mass is 35.5. The van der Waals surface area contributed by atoms with E-state index in [4.69, 9.17) is 11.6 Å². The number of hydrogen-bond donors (Lipinski definition) is 2. The Morgan fingerprint density at radius 2 is 1.88 bits per heavy atom. The standard InChI is InChI=1S/C19H18ClN3O/c1-11-4-6-15-17(8-9-21-19(15)12(11)2)23-18-10-14(22-13(3)24)5-7-16(18)20/h4-10H,1-3H3,(H,21,23)(H,22,24). The Balaban J connectivity index is 2.04. The molecule has 0 saturated heterocycles. The van der Waals surface area contributed by atoms with Gasteiger partial charge < -0.3 is 10.6 Å². The summed E-state index contributed by atoms with van der Waals surface area (Å²) in [5.74, 6) is -0.122. The quantitative estimate of drug-likeness (QED) is 0.689. The molecule has 0 radical (unpaired) electrons. The van der Waals surface area contributed by atoms with E-state index in [1.807, 2.05) is 12.1 Å². The van der Waals surface area contributed by atoms with Crippen LogP contribution in [-0.2, 0) is 4.79 Å². The zero-order valence-corrected chi connectivity index (χ0v) is 14.5. The third-order valence-electron chi connectivity index (χ3n) is 3.99. The van der Waals surface area contributed by atoms with E-state index in [0.717, 1.165) is 27.8 Å². The second-order valence-corrected chi connectivity index (χ2v) is 6.17. The molecule has 1 amide bonds. The van der Waals surface area contributed by atoms with Gasteiger partial charge in [-0.15, -0.1) is 0 Å². The second kappa shape index (κ2) is 6.49. The summed E-state index contributed by atoms with van der Waals surface area (Å²) >= 11 is 6.30. The predicted molar refractivity (Wildman–Crippen MR) is 100 cm³/mol. The number of fused-ring (bicyclic) bond motifs is 1. The number of anilines is 3. The SMILES string of the molecule is CC(=O)Nc1ccc(Cl)c(Nc2ccnc3c(C)c(C)ccc23)c1. The van der Waals surface area contributed by atoms with Gasteiger partial charge in [-0.3, -0.25) is 9.78 Å². The highest BCUT2D eigenvalue weighted by Crippen LogP contribution is 2.32. The average Bonchev–Trinajstić information content (AvgIpc) is 2.54. The first-order valence-electron chi connectivity index (χ1n) is 7.65. The molecule has 4 nitrogen and oxygen atoms in total. The highest BCUT2D eigenvalue weighted by molar-refractivity contribution is 6.33. The van der Waals surface area contributed by atoms with E-state index >= 15 is 0 Å². The van der Waals surface area contributed by atoms with Crippen molar-refractivity contribution in [2.24, 2.45) is 0 Å². The Labute approximate surface area is 145 Å². The van der Waals surface area contributed by atoms with Crippen LogP contribution in [0.4, 0.5) is 17.1 Å². The van der Waals surface area contributed by atoms with E-state index < -0.39 is 0 Å². The minimum absolute atomic E-state index is 0.122. The van der Waals surface area contributed by atoms with Crippen molar-refractivity contribution in [2.75, 3.05) is 10.6 Å². The van der Waals surface area contributed by atoms with Crippen LogP contribution in [0.3, 0.4) is 0 Å². The van der Waals surface area contributed by atoms with Crippen molar-refractivity contribution in [3.05, 3.63) is 58.7 Å². The van der Waals surface area contributed by atoms with Gasteiger partial charge in [0.2, 0.25) is 5.91 Å². The average molecular weight is 340 g/mol. The van der Waals surface area contributed by atoms with Gasteiger partial charge in [0.15, 0.2) is 0 Å². The van der Waals surface area contributed by atoms with Gasteiger partial charge in [0.25, 0.3) is 0 Å². The number of pyridine rings is 1. The van der Waals surface area contributed by atoms with E-state index in [9.17, 15) is 4.79 Å². The third kappa shape index (κ3) is 3.19. The van der Waals surface area contributed by atoms with E-state index in [2.05, 4.69) is 41.6 Å². The lowest BCUT2D eigenvalue weighted by molar-refractivity contribution is -0.114. The second-order valence-electron chi connectivity index (χ2n) is 5.76. The normalized spacial score (nSPS) is 10.7. The molecule has 0 aliphatic carbocycles. The van der Waals surface area contributed by atoms with Crippen LogP contribution >= 0.6 is 11.6 Å². The Kier molecular flexibility index (Phi) is 4.40. The summed E-state index contributed by atoms with van der Waals surface area (Å²) in [4.78, 5) is 15.7. The molecule has 122 valence electrons. The molecule has 24 heavy (non-hydrogen) atoms. The Morgan fingerprint density at radius 3 is 2.62 bits per heavy atom. The van der Waals surface area contributed by atoms with Crippen molar-refractivity contribution in [3.8, 4) is 0 Å². The molecule has 0 aliphatic rings. The summed E-state index contributed by atoms with van der Waals surface area (Å²) in [6.45, 7) is 5.62. The maximum absolute atomic E-state index is 11.2. The molecule has 2 N–H and O–H groups in total. The number of nitrogens with zero attached hydrogens (tertiary/aromatic N) is 1. The molecule has 1 aromatic heterocycles. The van der Waals surface area contributed by atoms with Crippen LogP contribution in [0.5, 0.6) is 0 Å². The number of aryl methyl sites for hydroxylation is 2. The first-order chi connectivity index (χ1) is 11.5. The minimum Gasteiger partial charge on any atom is -0.354 e. The number of hydrogen-bond acceptors (Lipinski definition) is 3. The molecule has 0 spiro atoms. The number of carbonyl (C=O) groups is 1. The topological polar surface area (TPSA) is 54.0 Å². The summed E-state index contributed by atoms with van der Waals surface area (Å²) in [6, 6.07) is 11.4. The maximum Gasteiger partial charge on any atom is 0.221 e. The molecular weight excluding hydrogens is 322 g/mol. The van der Waals surface area contributed by atoms with Gasteiger partial charge in [-0.25, -0.2) is 0 Å². The monoisotopic (exact) mass is 339 g/mol. The number of halogens is 1. The van der Waals surface area contributed by atoms with Gasteiger partial charge in [-0.2, -0.15) is 0 Å². The molecule has 0 unspecified atom stereocenters. The Morgan fingerprint density at radius 1 is 1.08 bits per heavy atom. The third-order valence-corrected chi connectivity index (χ3v) is 4.32. The molecule has 3 aromatic rings. The molecule has 2 aromatic carbocycles. The summed E-state index contributed by atoms with van der Waals surface area (Å²) in [7, 11) is 0. The first-order valence-corrected chi connectivity index (χ1v) is 8.02. The maximum atomic E-state index is 11.2. The van der Waals surface area contributed by atoms with E-state index in [1.165, 1.54) is 12.5 Å². The molecule has 0 saturated carbocycles. The van der Waals surface area contributed by atoms with Crippen LogP contribution in [0, 0.1) is 13.8 Å². The minimum atomic E-state index is -0.122. The zero-order chi connectivity index (χ0) is 17.3. The van der Waals surface area contributed by atoms with Crippen molar-refractivity contribution >= 4 is 45.5 Å². The first kappa shape index (κ1) is 16.3. The summed E-state index contributed by atoms with van der Waals surface area (Å²) in [6.07, 6.45) is 1.78. The molecule has 0 bridgehead atoms. The fraction of sp³-hybridized carbons (Fsp3) is 0.158.